The number of esters is 2. The van der Waals surface area contributed by atoms with Gasteiger partial charge in [0.05, 0.1) is 0 Å². The van der Waals surface area contributed by atoms with Gasteiger partial charge < -0.3 is 24.8 Å². The Balaban J connectivity index is 2.73. The predicted octanol–water partition coefficient (Wildman–Crippen LogP) is 3.97. The third-order valence-electron chi connectivity index (χ3n) is 4.32. The van der Waals surface area contributed by atoms with Crippen LogP contribution in [0.25, 0.3) is 0 Å². The van der Waals surface area contributed by atoms with Crippen molar-refractivity contribution in [3.8, 4) is 0 Å². The maximum Gasteiger partial charge on any atom is 0.408 e. The van der Waals surface area contributed by atoms with E-state index in [0.717, 1.165) is 5.56 Å². The van der Waals surface area contributed by atoms with E-state index < -0.39 is 35.3 Å². The van der Waals surface area contributed by atoms with E-state index in [1.165, 1.54) is 0 Å². The number of ether oxygens (including phenoxy) is 3. The van der Waals surface area contributed by atoms with Crippen molar-refractivity contribution in [3.05, 3.63) is 35.9 Å². The van der Waals surface area contributed by atoms with E-state index in [-0.39, 0.29) is 31.5 Å². The van der Waals surface area contributed by atoms with Crippen LogP contribution in [-0.4, -0.2) is 47.9 Å². The molecular formula is C25H40N2O6. The topological polar surface area (TPSA) is 103 Å². The molecule has 0 fully saturated rings. The van der Waals surface area contributed by atoms with Gasteiger partial charge in [-0.1, -0.05) is 44.2 Å². The largest absolute Gasteiger partial charge is 0.460 e. The van der Waals surface area contributed by atoms with E-state index in [9.17, 15) is 14.4 Å². The predicted molar refractivity (Wildman–Crippen MR) is 126 cm³/mol. The van der Waals surface area contributed by atoms with E-state index in [2.05, 4.69) is 10.6 Å². The fraction of sp³-hybridized carbons (Fsp3) is 0.640. The average molecular weight is 465 g/mol. The lowest BCUT2D eigenvalue weighted by Gasteiger charge is -2.27. The number of nitrogens with one attached hydrogen (secondary N) is 2. The first-order valence-corrected chi connectivity index (χ1v) is 11.3. The molecule has 0 aliphatic heterocycles. The lowest BCUT2D eigenvalue weighted by molar-refractivity contribution is -0.157. The first-order chi connectivity index (χ1) is 15.2. The average Bonchev–Trinajstić information content (AvgIpc) is 2.66. The van der Waals surface area contributed by atoms with Gasteiger partial charge in [0.15, 0.2) is 0 Å². The molecule has 8 nitrogen and oxygen atoms in total. The molecule has 0 radical (unpaired) electrons. The molecule has 0 saturated heterocycles. The van der Waals surface area contributed by atoms with Crippen LogP contribution in [0.3, 0.4) is 0 Å². The number of alkyl carbamates (subject to hydrolysis) is 1. The number of rotatable bonds is 10. The first kappa shape index (κ1) is 28.4. The van der Waals surface area contributed by atoms with E-state index in [1.807, 2.05) is 44.2 Å². The molecular weight excluding hydrogens is 424 g/mol. The molecule has 0 saturated carbocycles. The highest BCUT2D eigenvalue weighted by Gasteiger charge is 2.30. The summed E-state index contributed by atoms with van der Waals surface area (Å²) in [5.41, 5.74) is -0.508. The summed E-state index contributed by atoms with van der Waals surface area (Å²) in [6.45, 7) is 14.8. The van der Waals surface area contributed by atoms with Crippen LogP contribution in [0.5, 0.6) is 0 Å². The fourth-order valence-electron chi connectivity index (χ4n) is 2.86. The Morgan fingerprint density at radius 1 is 0.879 bits per heavy atom. The molecule has 1 aromatic carbocycles. The maximum absolute atomic E-state index is 12.7. The van der Waals surface area contributed by atoms with Crippen molar-refractivity contribution >= 4 is 18.0 Å². The molecule has 0 spiro atoms. The Labute approximate surface area is 197 Å². The third-order valence-corrected chi connectivity index (χ3v) is 4.32. The monoisotopic (exact) mass is 464 g/mol. The van der Waals surface area contributed by atoms with Crippen LogP contribution in [0.2, 0.25) is 0 Å². The van der Waals surface area contributed by atoms with Gasteiger partial charge in [-0.05, 0) is 66.0 Å². The summed E-state index contributed by atoms with van der Waals surface area (Å²) in [6, 6.07) is 7.95. The van der Waals surface area contributed by atoms with Crippen LogP contribution in [0.15, 0.2) is 30.3 Å². The molecule has 8 heteroatoms. The zero-order chi connectivity index (χ0) is 25.2. The van der Waals surface area contributed by atoms with Gasteiger partial charge in [0, 0.05) is 0 Å². The number of benzene rings is 1. The molecule has 0 aromatic heterocycles. The van der Waals surface area contributed by atoms with Crippen LogP contribution in [0.1, 0.15) is 67.4 Å². The quantitative estimate of drug-likeness (QED) is 0.399. The molecule has 0 aliphatic carbocycles. The lowest BCUT2D eigenvalue weighted by Crippen LogP contribution is -2.49. The van der Waals surface area contributed by atoms with Crippen molar-refractivity contribution in [1.82, 2.24) is 10.6 Å². The highest BCUT2D eigenvalue weighted by Crippen LogP contribution is 2.12. The summed E-state index contributed by atoms with van der Waals surface area (Å²) in [7, 11) is 0. The molecule has 1 amide bonds. The summed E-state index contributed by atoms with van der Waals surface area (Å²) in [5, 5.41) is 5.73. The van der Waals surface area contributed by atoms with Crippen molar-refractivity contribution in [2.75, 3.05) is 6.54 Å². The van der Waals surface area contributed by atoms with Crippen LogP contribution in [0, 0.1) is 5.92 Å². The molecule has 0 unspecified atom stereocenters. The number of carbonyl (C=O) groups excluding carboxylic acids is 3. The van der Waals surface area contributed by atoms with Crippen molar-refractivity contribution in [1.29, 1.82) is 0 Å². The minimum absolute atomic E-state index is 0.0351. The normalized spacial score (nSPS) is 13.7. The van der Waals surface area contributed by atoms with Gasteiger partial charge in [-0.25, -0.2) is 9.59 Å². The Morgan fingerprint density at radius 2 is 1.45 bits per heavy atom. The van der Waals surface area contributed by atoms with Crippen molar-refractivity contribution < 1.29 is 28.6 Å². The summed E-state index contributed by atoms with van der Waals surface area (Å²) >= 11 is 0. The molecule has 2 N–H and O–H groups in total. The molecule has 0 aliphatic rings. The van der Waals surface area contributed by atoms with Gasteiger partial charge in [-0.2, -0.15) is 0 Å². The van der Waals surface area contributed by atoms with Crippen LogP contribution >= 0.6 is 0 Å². The Hall–Kier alpha value is -2.61. The van der Waals surface area contributed by atoms with Crippen molar-refractivity contribution in [3.63, 3.8) is 0 Å². The Morgan fingerprint density at radius 3 is 1.97 bits per heavy atom. The molecule has 0 bridgehead atoms. The second-order valence-corrected chi connectivity index (χ2v) is 10.3. The van der Waals surface area contributed by atoms with E-state index in [1.54, 1.807) is 41.5 Å². The highest BCUT2D eigenvalue weighted by molar-refractivity contribution is 5.81. The molecule has 2 atom stereocenters. The molecule has 33 heavy (non-hydrogen) atoms. The maximum atomic E-state index is 12.7. The molecule has 1 rings (SSSR count). The van der Waals surface area contributed by atoms with E-state index in [4.69, 9.17) is 14.2 Å². The number of amides is 1. The van der Waals surface area contributed by atoms with Gasteiger partial charge >= 0.3 is 18.0 Å². The second kappa shape index (κ2) is 12.6. The van der Waals surface area contributed by atoms with E-state index in [0.29, 0.717) is 0 Å². The summed E-state index contributed by atoms with van der Waals surface area (Å²) in [6.07, 6.45) is -0.496. The smallest absolute Gasteiger partial charge is 0.408 e. The summed E-state index contributed by atoms with van der Waals surface area (Å²) in [4.78, 5) is 37.5. The summed E-state index contributed by atoms with van der Waals surface area (Å²) in [5.74, 6) is -0.974. The number of carbonyl (C=O) groups is 3. The SMILES string of the molecule is CC(C)[C@H](NCC[C@H](NC(=O)OC(C)(C)C)C(=O)OC(C)(C)C)C(=O)OCc1ccccc1. The number of hydrogen-bond donors (Lipinski definition) is 2. The second-order valence-electron chi connectivity index (χ2n) is 10.3. The van der Waals surface area contributed by atoms with E-state index >= 15 is 0 Å². The van der Waals surface area contributed by atoms with Gasteiger partial charge in [-0.15, -0.1) is 0 Å². The van der Waals surface area contributed by atoms with Gasteiger partial charge in [-0.3, -0.25) is 4.79 Å². The van der Waals surface area contributed by atoms with Gasteiger partial charge in [0.2, 0.25) is 0 Å². The zero-order valence-electron chi connectivity index (χ0n) is 21.2. The first-order valence-electron chi connectivity index (χ1n) is 11.3. The third kappa shape index (κ3) is 12.3. The van der Waals surface area contributed by atoms with Gasteiger partial charge in [0.25, 0.3) is 0 Å². The lowest BCUT2D eigenvalue weighted by atomic mass is 10.0. The van der Waals surface area contributed by atoms with Gasteiger partial charge in [0.1, 0.15) is 29.9 Å². The molecule has 1 aromatic rings. The standard InChI is InChI=1S/C25H40N2O6/c1-17(2)20(22(29)31-16-18-12-10-9-11-13-18)26-15-14-19(21(28)32-24(3,4)5)27-23(30)33-25(6,7)8/h9-13,17,19-20,26H,14-16H2,1-8H3,(H,27,30)/t19-,20-/m0/s1. The van der Waals surface area contributed by atoms with Crippen LogP contribution in [-0.2, 0) is 30.4 Å². The Kier molecular flexibility index (Phi) is 10.8. The van der Waals surface area contributed by atoms with Crippen LogP contribution < -0.4 is 10.6 Å². The molecule has 0 heterocycles. The number of hydrogen-bond acceptors (Lipinski definition) is 7. The van der Waals surface area contributed by atoms with Crippen molar-refractivity contribution in [2.45, 2.75) is 91.7 Å². The van der Waals surface area contributed by atoms with Crippen molar-refractivity contribution in [2.24, 2.45) is 5.92 Å². The minimum atomic E-state index is -0.931. The fourth-order valence-corrected chi connectivity index (χ4v) is 2.86. The highest BCUT2D eigenvalue weighted by atomic mass is 16.6. The zero-order valence-corrected chi connectivity index (χ0v) is 21.2. The minimum Gasteiger partial charge on any atom is -0.460 e. The van der Waals surface area contributed by atoms with Crippen LogP contribution in [0.4, 0.5) is 4.79 Å². The molecule has 186 valence electrons. The Bertz CT molecular complexity index is 765. The summed E-state index contributed by atoms with van der Waals surface area (Å²) < 4.78 is 16.2.